The van der Waals surface area contributed by atoms with Gasteiger partial charge in [-0.25, -0.2) is 9.59 Å². The van der Waals surface area contributed by atoms with Crippen LogP contribution in [0.4, 0.5) is 0 Å². The lowest BCUT2D eigenvalue weighted by Gasteiger charge is -2.04. The highest BCUT2D eigenvalue weighted by molar-refractivity contribution is 9.10. The number of furan rings is 1. The Morgan fingerprint density at radius 1 is 1.29 bits per heavy atom. The summed E-state index contributed by atoms with van der Waals surface area (Å²) in [5.74, 6) is 0.109. The first-order valence-corrected chi connectivity index (χ1v) is 8.20. The van der Waals surface area contributed by atoms with Gasteiger partial charge in [0.2, 0.25) is 0 Å². The van der Waals surface area contributed by atoms with Crippen molar-refractivity contribution in [1.29, 1.82) is 0 Å². The zero-order valence-corrected chi connectivity index (χ0v) is 14.3. The summed E-state index contributed by atoms with van der Waals surface area (Å²) in [6.45, 7) is 0.710. The van der Waals surface area contributed by atoms with Gasteiger partial charge < -0.3 is 14.1 Å². The van der Waals surface area contributed by atoms with Crippen molar-refractivity contribution < 1.29 is 13.9 Å². The Bertz CT molecular complexity index is 935. The standard InChI is InChI=1S/C17H15BrN2O4/c18-15-8-6-12(24-15)7-9-16(21)23-11-3-10-20-14-5-2-1-4-13(14)19-17(20)22/h1-2,4-9H,3,10-11H2,(H,19,22)/b9-7+. The number of esters is 1. The molecule has 2 heterocycles. The minimum Gasteiger partial charge on any atom is -0.462 e. The zero-order valence-electron chi connectivity index (χ0n) is 12.7. The van der Waals surface area contributed by atoms with Crippen LogP contribution >= 0.6 is 15.9 Å². The van der Waals surface area contributed by atoms with Gasteiger partial charge in [0, 0.05) is 12.6 Å². The Morgan fingerprint density at radius 3 is 2.92 bits per heavy atom. The minimum atomic E-state index is -0.450. The van der Waals surface area contributed by atoms with Gasteiger partial charge in [0.15, 0.2) is 4.67 Å². The van der Waals surface area contributed by atoms with Crippen LogP contribution in [-0.4, -0.2) is 22.1 Å². The van der Waals surface area contributed by atoms with Gasteiger partial charge in [-0.2, -0.15) is 0 Å². The lowest BCUT2D eigenvalue weighted by atomic mass is 10.3. The second-order valence-corrected chi connectivity index (χ2v) is 5.88. The van der Waals surface area contributed by atoms with E-state index in [9.17, 15) is 9.59 Å². The summed E-state index contributed by atoms with van der Waals surface area (Å²) in [5.41, 5.74) is 1.48. The Hall–Kier alpha value is -2.54. The molecule has 24 heavy (non-hydrogen) atoms. The van der Waals surface area contributed by atoms with E-state index < -0.39 is 5.97 Å². The lowest BCUT2D eigenvalue weighted by Crippen LogP contribution is -2.18. The molecule has 124 valence electrons. The highest BCUT2D eigenvalue weighted by atomic mass is 79.9. The minimum absolute atomic E-state index is 0.161. The number of nitrogens with zero attached hydrogens (tertiary/aromatic N) is 1. The summed E-state index contributed by atoms with van der Waals surface area (Å²) in [6, 6.07) is 11.0. The van der Waals surface area contributed by atoms with Crippen molar-refractivity contribution >= 4 is 39.0 Å². The molecule has 0 bridgehead atoms. The molecule has 0 aliphatic rings. The van der Waals surface area contributed by atoms with Crippen molar-refractivity contribution in [2.24, 2.45) is 0 Å². The van der Waals surface area contributed by atoms with Crippen LogP contribution in [0.25, 0.3) is 17.1 Å². The second kappa shape index (κ2) is 7.35. The van der Waals surface area contributed by atoms with E-state index in [-0.39, 0.29) is 12.3 Å². The molecule has 0 radical (unpaired) electrons. The summed E-state index contributed by atoms with van der Waals surface area (Å²) in [6.07, 6.45) is 3.40. The maximum Gasteiger partial charge on any atom is 0.330 e. The van der Waals surface area contributed by atoms with Crippen LogP contribution in [-0.2, 0) is 16.1 Å². The molecule has 1 aromatic carbocycles. The third-order valence-corrected chi connectivity index (χ3v) is 3.86. The number of para-hydroxylation sites is 2. The van der Waals surface area contributed by atoms with Gasteiger partial charge >= 0.3 is 11.7 Å². The van der Waals surface area contributed by atoms with Gasteiger partial charge in [-0.05, 0) is 52.7 Å². The Balaban J connectivity index is 1.50. The average molecular weight is 391 g/mol. The first kappa shape index (κ1) is 16.3. The summed E-state index contributed by atoms with van der Waals surface area (Å²) in [4.78, 5) is 26.3. The smallest absolute Gasteiger partial charge is 0.330 e. The summed E-state index contributed by atoms with van der Waals surface area (Å²) in [7, 11) is 0. The normalized spacial score (nSPS) is 11.4. The number of fused-ring (bicyclic) bond motifs is 1. The fourth-order valence-corrected chi connectivity index (χ4v) is 2.66. The zero-order chi connectivity index (χ0) is 16.9. The number of halogens is 1. The number of benzene rings is 1. The molecule has 0 fully saturated rings. The lowest BCUT2D eigenvalue weighted by molar-refractivity contribution is -0.137. The predicted molar refractivity (Wildman–Crippen MR) is 93.6 cm³/mol. The number of imidazole rings is 1. The third kappa shape index (κ3) is 3.86. The van der Waals surface area contributed by atoms with Crippen LogP contribution < -0.4 is 5.69 Å². The number of H-pyrrole nitrogens is 1. The number of rotatable bonds is 6. The maximum atomic E-state index is 11.9. The molecule has 0 unspecified atom stereocenters. The Labute approximate surface area is 145 Å². The molecule has 0 aliphatic carbocycles. The number of hydrogen-bond acceptors (Lipinski definition) is 4. The topological polar surface area (TPSA) is 77.2 Å². The number of hydrogen-bond donors (Lipinski definition) is 1. The van der Waals surface area contributed by atoms with Crippen LogP contribution in [0, 0.1) is 0 Å². The SMILES string of the molecule is O=C(/C=C/c1ccc(Br)o1)OCCCn1c(=O)[nH]c2ccccc21. The molecule has 3 aromatic rings. The number of aryl methyl sites for hydroxylation is 1. The number of ether oxygens (including phenoxy) is 1. The highest BCUT2D eigenvalue weighted by Crippen LogP contribution is 2.15. The fourth-order valence-electron chi connectivity index (χ4n) is 2.34. The Morgan fingerprint density at radius 2 is 2.12 bits per heavy atom. The molecule has 0 aliphatic heterocycles. The van der Waals surface area contributed by atoms with E-state index in [1.807, 2.05) is 24.3 Å². The van der Waals surface area contributed by atoms with E-state index in [1.165, 1.54) is 12.2 Å². The van der Waals surface area contributed by atoms with Gasteiger partial charge in [-0.15, -0.1) is 0 Å². The molecule has 6 nitrogen and oxygen atoms in total. The molecule has 0 atom stereocenters. The molecular formula is C17H15BrN2O4. The fraction of sp³-hybridized carbons (Fsp3) is 0.176. The molecule has 1 N–H and O–H groups in total. The van der Waals surface area contributed by atoms with Crippen molar-refractivity contribution in [1.82, 2.24) is 9.55 Å². The van der Waals surface area contributed by atoms with Crippen LogP contribution in [0.5, 0.6) is 0 Å². The largest absolute Gasteiger partial charge is 0.462 e. The number of aromatic amines is 1. The molecule has 3 rings (SSSR count). The van der Waals surface area contributed by atoms with E-state index in [4.69, 9.17) is 9.15 Å². The summed E-state index contributed by atoms with van der Waals surface area (Å²) in [5, 5.41) is 0. The van der Waals surface area contributed by atoms with E-state index in [2.05, 4.69) is 20.9 Å². The number of nitrogens with one attached hydrogen (secondary N) is 1. The van der Waals surface area contributed by atoms with Crippen molar-refractivity contribution in [2.75, 3.05) is 6.61 Å². The molecule has 7 heteroatoms. The van der Waals surface area contributed by atoms with Crippen molar-refractivity contribution in [3.05, 3.63) is 63.4 Å². The number of carbonyl (C=O) groups is 1. The van der Waals surface area contributed by atoms with Crippen LogP contribution in [0.15, 0.2) is 56.4 Å². The third-order valence-electron chi connectivity index (χ3n) is 3.43. The summed E-state index contributed by atoms with van der Waals surface area (Å²) >= 11 is 3.19. The first-order valence-electron chi connectivity index (χ1n) is 7.41. The molecule has 0 saturated heterocycles. The van der Waals surface area contributed by atoms with Crippen LogP contribution in [0.2, 0.25) is 0 Å². The molecular weight excluding hydrogens is 376 g/mol. The highest BCUT2D eigenvalue weighted by Gasteiger charge is 2.06. The van der Waals surface area contributed by atoms with E-state index >= 15 is 0 Å². The van der Waals surface area contributed by atoms with Gasteiger partial charge in [-0.3, -0.25) is 4.57 Å². The Kier molecular flexibility index (Phi) is 5.00. The van der Waals surface area contributed by atoms with E-state index in [0.717, 1.165) is 11.0 Å². The van der Waals surface area contributed by atoms with Crippen LogP contribution in [0.3, 0.4) is 0 Å². The van der Waals surface area contributed by atoms with Crippen molar-refractivity contribution in [3.63, 3.8) is 0 Å². The van der Waals surface area contributed by atoms with Gasteiger partial charge in [0.25, 0.3) is 0 Å². The molecule has 0 amide bonds. The van der Waals surface area contributed by atoms with E-state index in [1.54, 1.807) is 16.7 Å². The molecule has 0 spiro atoms. The van der Waals surface area contributed by atoms with Gasteiger partial charge in [-0.1, -0.05) is 12.1 Å². The first-order chi connectivity index (χ1) is 11.6. The average Bonchev–Trinajstić information content (AvgIpc) is 3.12. The number of carbonyl (C=O) groups excluding carboxylic acids is 1. The quantitative estimate of drug-likeness (QED) is 0.397. The van der Waals surface area contributed by atoms with Gasteiger partial charge in [0.1, 0.15) is 5.76 Å². The van der Waals surface area contributed by atoms with Gasteiger partial charge in [0.05, 0.1) is 17.6 Å². The summed E-state index contributed by atoms with van der Waals surface area (Å²) < 4.78 is 12.6. The molecule has 2 aromatic heterocycles. The second-order valence-electron chi connectivity index (χ2n) is 5.10. The van der Waals surface area contributed by atoms with Crippen molar-refractivity contribution in [3.8, 4) is 0 Å². The number of aromatic nitrogens is 2. The maximum absolute atomic E-state index is 11.9. The van der Waals surface area contributed by atoms with Crippen LogP contribution in [0.1, 0.15) is 12.2 Å². The van der Waals surface area contributed by atoms with E-state index in [0.29, 0.717) is 23.4 Å². The molecule has 0 saturated carbocycles. The predicted octanol–water partition coefficient (Wildman–Crippen LogP) is 3.33. The monoisotopic (exact) mass is 390 g/mol. The van der Waals surface area contributed by atoms with Crippen molar-refractivity contribution in [2.45, 2.75) is 13.0 Å².